The highest BCUT2D eigenvalue weighted by atomic mass is 32.1. The summed E-state index contributed by atoms with van der Waals surface area (Å²) in [4.78, 5) is 31.5. The molecule has 0 bridgehead atoms. The Kier molecular flexibility index (Phi) is 10.3. The molecule has 1 aromatic heterocycles. The Morgan fingerprint density at radius 3 is 2.65 bits per heavy atom. The highest BCUT2D eigenvalue weighted by Crippen LogP contribution is 2.32. The molecule has 10 nitrogen and oxygen atoms in total. The van der Waals surface area contributed by atoms with Gasteiger partial charge >= 0.3 is 11.9 Å². The smallest absolute Gasteiger partial charge is 0.325 e. The molecule has 0 spiro atoms. The van der Waals surface area contributed by atoms with Gasteiger partial charge in [0.25, 0.3) is 5.91 Å². The van der Waals surface area contributed by atoms with Crippen LogP contribution in [0.2, 0.25) is 0 Å². The van der Waals surface area contributed by atoms with E-state index in [-0.39, 0.29) is 23.5 Å². The van der Waals surface area contributed by atoms with E-state index in [0.717, 1.165) is 37.6 Å². The van der Waals surface area contributed by atoms with Crippen molar-refractivity contribution in [2.24, 2.45) is 11.6 Å². The molecule has 230 valence electrons. The molecule has 1 amide bonds. The van der Waals surface area contributed by atoms with Gasteiger partial charge in [-0.05, 0) is 74.3 Å². The summed E-state index contributed by atoms with van der Waals surface area (Å²) < 4.78 is 46.5. The van der Waals surface area contributed by atoms with Crippen LogP contribution in [0.4, 0.5) is 29.7 Å². The molecule has 1 saturated heterocycles. The molecule has 4 rings (SSSR count). The number of alkyl halides is 3. The van der Waals surface area contributed by atoms with Gasteiger partial charge in [-0.25, -0.2) is 15.2 Å². The van der Waals surface area contributed by atoms with E-state index >= 15 is 0 Å². The van der Waals surface area contributed by atoms with Crippen LogP contribution >= 0.6 is 11.3 Å². The van der Waals surface area contributed by atoms with E-state index in [2.05, 4.69) is 25.3 Å². The number of carbonyl (C=O) groups excluding carboxylic acids is 2. The first-order valence-corrected chi connectivity index (χ1v) is 14.3. The highest BCUT2D eigenvalue weighted by Gasteiger charge is 2.32. The van der Waals surface area contributed by atoms with Crippen LogP contribution in [-0.4, -0.2) is 55.2 Å². The Hall–Kier alpha value is -4.14. The van der Waals surface area contributed by atoms with Gasteiger partial charge in [0.1, 0.15) is 6.54 Å². The summed E-state index contributed by atoms with van der Waals surface area (Å²) in [7, 11) is 1.29. The third-order valence-corrected chi connectivity index (χ3v) is 7.88. The number of hydrogen-bond donors (Lipinski definition) is 4. The molecule has 1 aliphatic heterocycles. The lowest BCUT2D eigenvalue weighted by atomic mass is 10.0. The molecule has 0 aliphatic carbocycles. The molecule has 14 heteroatoms. The number of nitrogens with zero attached hydrogens (tertiary/aromatic N) is 3. The van der Waals surface area contributed by atoms with Gasteiger partial charge in [-0.15, -0.1) is 0 Å². The lowest BCUT2D eigenvalue weighted by Crippen LogP contribution is -2.27. The average molecular weight is 618 g/mol. The zero-order chi connectivity index (χ0) is 31.1. The number of esters is 1. The van der Waals surface area contributed by atoms with Crippen molar-refractivity contribution in [2.45, 2.75) is 32.2 Å². The number of hydrazine groups is 1. The lowest BCUT2D eigenvalue weighted by Gasteiger charge is -2.20. The van der Waals surface area contributed by atoms with Gasteiger partial charge in [-0.3, -0.25) is 19.5 Å². The number of benzene rings is 2. The molecule has 0 atom stereocenters. The van der Waals surface area contributed by atoms with Crippen molar-refractivity contribution in [3.8, 4) is 0 Å². The second kappa shape index (κ2) is 13.9. The maximum absolute atomic E-state index is 14.4. The van der Waals surface area contributed by atoms with Crippen LogP contribution in [-0.2, 0) is 22.0 Å². The van der Waals surface area contributed by atoms with Gasteiger partial charge in [-0.1, -0.05) is 17.4 Å². The number of halogens is 3. The number of anilines is 3. The monoisotopic (exact) mass is 617 g/mol. The van der Waals surface area contributed by atoms with Crippen molar-refractivity contribution >= 4 is 45.4 Å². The van der Waals surface area contributed by atoms with Crippen molar-refractivity contribution in [1.29, 1.82) is 0 Å². The summed E-state index contributed by atoms with van der Waals surface area (Å²) in [6.07, 6.45) is 5.05. The minimum absolute atomic E-state index is 0.0491. The predicted molar refractivity (Wildman–Crippen MR) is 161 cm³/mol. The average Bonchev–Trinajstić information content (AvgIpc) is 3.68. The predicted octanol–water partition coefficient (Wildman–Crippen LogP) is 4.58. The summed E-state index contributed by atoms with van der Waals surface area (Å²) in [6, 6.07) is 8.86. The summed E-state index contributed by atoms with van der Waals surface area (Å²) >= 11 is 1.21. The van der Waals surface area contributed by atoms with Crippen LogP contribution in [0.3, 0.4) is 0 Å². The second-order valence-corrected chi connectivity index (χ2v) is 11.2. The number of thiazole rings is 1. The van der Waals surface area contributed by atoms with E-state index in [9.17, 15) is 22.8 Å². The van der Waals surface area contributed by atoms with Crippen molar-refractivity contribution in [3.63, 3.8) is 0 Å². The lowest BCUT2D eigenvalue weighted by molar-refractivity contribution is -0.138. The van der Waals surface area contributed by atoms with Crippen LogP contribution in [0.1, 0.15) is 44.8 Å². The van der Waals surface area contributed by atoms with Crippen molar-refractivity contribution in [3.05, 3.63) is 75.9 Å². The summed E-state index contributed by atoms with van der Waals surface area (Å²) in [5.41, 5.74) is 8.16. The Balaban J connectivity index is 1.52. The first-order valence-electron chi connectivity index (χ1n) is 13.5. The molecular formula is C29H34F3N7O3S. The van der Waals surface area contributed by atoms with E-state index in [0.29, 0.717) is 27.8 Å². The normalized spacial score (nSPS) is 14.0. The first kappa shape index (κ1) is 31.8. The number of ether oxygens (including phenoxy) is 1. The topological polar surface area (TPSA) is 139 Å². The second-order valence-electron chi connectivity index (χ2n) is 10.1. The molecule has 3 aromatic rings. The van der Waals surface area contributed by atoms with Gasteiger partial charge in [0.05, 0.1) is 23.4 Å². The molecule has 2 aromatic carbocycles. The molecule has 43 heavy (non-hydrogen) atoms. The van der Waals surface area contributed by atoms with Crippen LogP contribution in [0.15, 0.2) is 48.8 Å². The van der Waals surface area contributed by atoms with Gasteiger partial charge < -0.3 is 21.1 Å². The number of methoxy groups -OCH3 is 1. The quantitative estimate of drug-likeness (QED) is 0.131. The molecule has 6 N–H and O–H groups in total. The number of nitrogens with two attached hydrogens (primary N) is 2. The zero-order valence-corrected chi connectivity index (χ0v) is 24.6. The first-order chi connectivity index (χ1) is 20.5. The number of rotatable bonds is 12. The Morgan fingerprint density at radius 1 is 1.21 bits per heavy atom. The van der Waals surface area contributed by atoms with Crippen molar-refractivity contribution in [2.75, 3.05) is 49.1 Å². The van der Waals surface area contributed by atoms with Gasteiger partial charge in [-0.2, -0.15) is 8.78 Å². The van der Waals surface area contributed by atoms with Gasteiger partial charge in [0.15, 0.2) is 11.8 Å². The number of likely N-dealkylation sites (tertiary alicyclic amines) is 1. The number of aryl methyl sites for hydroxylation is 1. The fraction of sp³-hybridized carbons (Fsp3) is 0.345. The summed E-state index contributed by atoms with van der Waals surface area (Å²) in [5.74, 6) is 1.61. The number of carbonyl (C=O) groups is 2. The van der Waals surface area contributed by atoms with Crippen molar-refractivity contribution < 1.29 is 27.5 Å². The maximum Gasteiger partial charge on any atom is 0.325 e. The fourth-order valence-corrected chi connectivity index (χ4v) is 5.30. The zero-order valence-electron chi connectivity index (χ0n) is 23.8. The largest absolute Gasteiger partial charge is 0.468 e. The SMILES string of the molecule is COC(=O)CNc1ncc(/C(N)=C/N(N)c2cc(C(=O)Nc3cc(CN4CCCC4)cc(C(F)(F)CF)c3)ccc2C)s1. The van der Waals surface area contributed by atoms with Crippen LogP contribution in [0.25, 0.3) is 5.70 Å². The Bertz CT molecular complexity index is 1490. The Labute approximate surface area is 251 Å². The molecular weight excluding hydrogens is 583 g/mol. The van der Waals surface area contributed by atoms with Gasteiger partial charge in [0, 0.05) is 35.8 Å². The third kappa shape index (κ3) is 8.24. The van der Waals surface area contributed by atoms with E-state index < -0.39 is 30.0 Å². The molecule has 1 fully saturated rings. The minimum atomic E-state index is -3.68. The third-order valence-electron chi connectivity index (χ3n) is 6.88. The molecule has 0 saturated carbocycles. The van der Waals surface area contributed by atoms with Crippen LogP contribution < -0.4 is 27.2 Å². The van der Waals surface area contributed by atoms with E-state index in [1.165, 1.54) is 41.9 Å². The molecule has 2 heterocycles. The summed E-state index contributed by atoms with van der Waals surface area (Å²) in [6.45, 7) is 2.03. The van der Waals surface area contributed by atoms with Crippen molar-refractivity contribution in [1.82, 2.24) is 9.88 Å². The maximum atomic E-state index is 14.4. The number of nitrogens with one attached hydrogen (secondary N) is 2. The fourth-order valence-electron chi connectivity index (χ4n) is 4.57. The summed E-state index contributed by atoms with van der Waals surface area (Å²) in [5, 5.41) is 7.25. The van der Waals surface area contributed by atoms with E-state index in [1.807, 2.05) is 0 Å². The highest BCUT2D eigenvalue weighted by molar-refractivity contribution is 7.16. The number of hydrogen-bond acceptors (Lipinski definition) is 10. The number of amides is 1. The standard InChI is InChI=1S/C29H34F3N7O3S/c1-18-5-6-20(11-24(18)39(34)16-23(33)25-13-35-28(43-25)36-14-26(40)42-2)27(41)37-22-10-19(15-38-7-3-4-8-38)9-21(12-22)29(31,32)17-30/h5-6,9-13,16H,3-4,7-8,14-15,17,33-34H2,1-2H3,(H,35,36)(H,37,41)/b23-16-. The van der Waals surface area contributed by atoms with Crippen LogP contribution in [0, 0.1) is 6.92 Å². The van der Waals surface area contributed by atoms with E-state index in [1.54, 1.807) is 31.2 Å². The van der Waals surface area contributed by atoms with Gasteiger partial charge in [0.2, 0.25) is 0 Å². The van der Waals surface area contributed by atoms with Crippen LogP contribution in [0.5, 0.6) is 0 Å². The number of aromatic nitrogens is 1. The molecule has 0 radical (unpaired) electrons. The molecule has 1 aliphatic rings. The molecule has 0 unspecified atom stereocenters. The van der Waals surface area contributed by atoms with E-state index in [4.69, 9.17) is 11.6 Å². The Morgan fingerprint density at radius 2 is 1.95 bits per heavy atom. The minimum Gasteiger partial charge on any atom is -0.468 e.